The third kappa shape index (κ3) is 4.04. The second-order valence-corrected chi connectivity index (χ2v) is 7.89. The van der Waals surface area contributed by atoms with Gasteiger partial charge in [-0.1, -0.05) is 12.1 Å². The number of likely N-dealkylation sites (tertiary alicyclic amines) is 1. The van der Waals surface area contributed by atoms with E-state index >= 15 is 0 Å². The summed E-state index contributed by atoms with van der Waals surface area (Å²) >= 11 is 0. The molecule has 0 unspecified atom stereocenters. The molecule has 10 heteroatoms. The molecular weight excluding hydrogens is 414 g/mol. The maximum absolute atomic E-state index is 12.4. The van der Waals surface area contributed by atoms with E-state index in [2.05, 4.69) is 15.6 Å². The first kappa shape index (κ1) is 20.1. The molecule has 3 heterocycles. The van der Waals surface area contributed by atoms with Crippen LogP contribution >= 0.6 is 0 Å². The summed E-state index contributed by atoms with van der Waals surface area (Å²) in [5.41, 5.74) is 2.12. The summed E-state index contributed by atoms with van der Waals surface area (Å²) in [6, 6.07) is 12.1. The third-order valence-corrected chi connectivity index (χ3v) is 5.80. The number of ether oxygens (including phenoxy) is 2. The highest BCUT2D eigenvalue weighted by atomic mass is 16.7. The predicted octanol–water partition coefficient (Wildman–Crippen LogP) is 2.04. The minimum Gasteiger partial charge on any atom is -0.454 e. The summed E-state index contributed by atoms with van der Waals surface area (Å²) in [7, 11) is 0. The fourth-order valence-corrected chi connectivity index (χ4v) is 4.28. The van der Waals surface area contributed by atoms with Gasteiger partial charge in [0.15, 0.2) is 11.5 Å². The van der Waals surface area contributed by atoms with Crippen molar-refractivity contribution in [2.45, 2.75) is 18.9 Å². The highest BCUT2D eigenvalue weighted by Crippen LogP contribution is 2.34. The summed E-state index contributed by atoms with van der Waals surface area (Å²) in [6.45, 7) is 1.58. The minimum atomic E-state index is -0.603. The van der Waals surface area contributed by atoms with E-state index < -0.39 is 6.03 Å². The normalized spacial score (nSPS) is 16.2. The van der Waals surface area contributed by atoms with Crippen molar-refractivity contribution >= 4 is 28.7 Å². The second kappa shape index (κ2) is 8.39. The molecule has 3 amide bonds. The number of amides is 3. The number of H-pyrrole nitrogens is 1. The van der Waals surface area contributed by atoms with Crippen LogP contribution in [0.15, 0.2) is 47.3 Å². The fraction of sp³-hybridized carbons (Fsp3) is 0.318. The first-order valence-corrected chi connectivity index (χ1v) is 10.5. The molecule has 2 aromatic carbocycles. The molecule has 5 rings (SSSR count). The van der Waals surface area contributed by atoms with Gasteiger partial charge in [0, 0.05) is 30.9 Å². The summed E-state index contributed by atoms with van der Waals surface area (Å²) in [4.78, 5) is 41.8. The number of hydrogen-bond donors (Lipinski definition) is 3. The number of aromatic amines is 1. The van der Waals surface area contributed by atoms with Crippen molar-refractivity contribution < 1.29 is 19.1 Å². The number of imide groups is 1. The zero-order valence-electron chi connectivity index (χ0n) is 17.3. The average Bonchev–Trinajstić information content (AvgIpc) is 3.37. The van der Waals surface area contributed by atoms with Crippen molar-refractivity contribution in [1.82, 2.24) is 19.8 Å². The Morgan fingerprint density at radius 3 is 2.69 bits per heavy atom. The SMILES string of the molecule is O=C(CN1CCC(n2c(=O)[nH]c3ccccc32)CC1)NC(=O)Nc1ccc2c(c1)OCO2. The first-order valence-electron chi connectivity index (χ1n) is 10.5. The van der Waals surface area contributed by atoms with Gasteiger partial charge in [0.1, 0.15) is 0 Å². The van der Waals surface area contributed by atoms with Crippen LogP contribution in [-0.4, -0.2) is 52.8 Å². The van der Waals surface area contributed by atoms with E-state index in [1.54, 1.807) is 18.2 Å². The van der Waals surface area contributed by atoms with Crippen molar-refractivity contribution in [1.29, 1.82) is 0 Å². The van der Waals surface area contributed by atoms with Gasteiger partial charge in [0.05, 0.1) is 17.6 Å². The minimum absolute atomic E-state index is 0.0762. The van der Waals surface area contributed by atoms with Crippen LogP contribution in [0.5, 0.6) is 11.5 Å². The van der Waals surface area contributed by atoms with Gasteiger partial charge in [0.2, 0.25) is 12.7 Å². The van der Waals surface area contributed by atoms with E-state index in [-0.39, 0.29) is 31.0 Å². The van der Waals surface area contributed by atoms with Crippen LogP contribution < -0.4 is 25.8 Å². The number of piperidine rings is 1. The van der Waals surface area contributed by atoms with Gasteiger partial charge in [-0.3, -0.25) is 19.6 Å². The highest BCUT2D eigenvalue weighted by Gasteiger charge is 2.25. The number of nitrogens with zero attached hydrogens (tertiary/aromatic N) is 2. The van der Waals surface area contributed by atoms with Crippen molar-refractivity contribution in [3.05, 3.63) is 52.9 Å². The standard InChI is InChI=1S/C22H23N5O5/c28-20(25-21(29)23-14-5-6-18-19(11-14)32-13-31-18)12-26-9-7-15(8-10-26)27-17-4-2-1-3-16(17)24-22(27)30/h1-6,11,15H,7-10,12-13H2,(H,24,30)(H2,23,25,28,29). The quantitative estimate of drug-likeness (QED) is 0.575. The molecule has 3 aromatic rings. The van der Waals surface area contributed by atoms with Crippen molar-refractivity contribution in [3.8, 4) is 11.5 Å². The molecule has 32 heavy (non-hydrogen) atoms. The van der Waals surface area contributed by atoms with Crippen LogP contribution in [0.1, 0.15) is 18.9 Å². The fourth-order valence-electron chi connectivity index (χ4n) is 4.28. The number of hydrogen-bond acceptors (Lipinski definition) is 6. The highest BCUT2D eigenvalue weighted by molar-refractivity contribution is 6.01. The number of aromatic nitrogens is 2. The van der Waals surface area contributed by atoms with Gasteiger partial charge in [-0.25, -0.2) is 9.59 Å². The van der Waals surface area contributed by atoms with Crippen molar-refractivity contribution in [3.63, 3.8) is 0 Å². The van der Waals surface area contributed by atoms with E-state index in [0.717, 1.165) is 23.9 Å². The number of rotatable bonds is 4. The monoisotopic (exact) mass is 437 g/mol. The van der Waals surface area contributed by atoms with Gasteiger partial charge in [-0.05, 0) is 37.1 Å². The number of nitrogens with one attached hydrogen (secondary N) is 3. The number of fused-ring (bicyclic) bond motifs is 2. The molecule has 1 saturated heterocycles. The zero-order valence-corrected chi connectivity index (χ0v) is 17.3. The van der Waals surface area contributed by atoms with Crippen molar-refractivity contribution in [2.24, 2.45) is 0 Å². The molecule has 3 N–H and O–H groups in total. The first-order chi connectivity index (χ1) is 15.6. The van der Waals surface area contributed by atoms with Crippen LogP contribution in [0, 0.1) is 0 Å². The summed E-state index contributed by atoms with van der Waals surface area (Å²) in [6.07, 6.45) is 1.50. The maximum Gasteiger partial charge on any atom is 0.326 e. The van der Waals surface area contributed by atoms with E-state index in [1.165, 1.54) is 0 Å². The van der Waals surface area contributed by atoms with E-state index in [9.17, 15) is 14.4 Å². The molecule has 166 valence electrons. The molecule has 0 atom stereocenters. The second-order valence-electron chi connectivity index (χ2n) is 7.89. The molecule has 0 spiro atoms. The Hall–Kier alpha value is -3.79. The van der Waals surface area contributed by atoms with Crippen molar-refractivity contribution in [2.75, 3.05) is 31.7 Å². The number of urea groups is 1. The van der Waals surface area contributed by atoms with Crippen LogP contribution in [-0.2, 0) is 4.79 Å². The van der Waals surface area contributed by atoms with Gasteiger partial charge in [-0.2, -0.15) is 0 Å². The summed E-state index contributed by atoms with van der Waals surface area (Å²) < 4.78 is 12.3. The van der Waals surface area contributed by atoms with Crippen LogP contribution in [0.2, 0.25) is 0 Å². The zero-order chi connectivity index (χ0) is 22.1. The van der Waals surface area contributed by atoms with E-state index in [4.69, 9.17) is 9.47 Å². The summed E-state index contributed by atoms with van der Waals surface area (Å²) in [5.74, 6) is 0.780. The number of carbonyl (C=O) groups is 2. The van der Waals surface area contributed by atoms with Gasteiger partial charge in [-0.15, -0.1) is 0 Å². The lowest BCUT2D eigenvalue weighted by atomic mass is 10.0. The molecule has 2 aliphatic rings. The Morgan fingerprint density at radius 1 is 1.06 bits per heavy atom. The molecule has 0 radical (unpaired) electrons. The number of benzene rings is 2. The molecule has 0 saturated carbocycles. The number of imidazole rings is 1. The molecule has 2 aliphatic heterocycles. The lowest BCUT2D eigenvalue weighted by molar-refractivity contribution is -0.121. The van der Waals surface area contributed by atoms with E-state index in [0.29, 0.717) is 30.3 Å². The number of anilines is 1. The summed E-state index contributed by atoms with van der Waals surface area (Å²) in [5, 5.41) is 4.97. The molecule has 0 bridgehead atoms. The topological polar surface area (TPSA) is 118 Å². The van der Waals surface area contributed by atoms with E-state index in [1.807, 2.05) is 33.7 Å². The number of carbonyl (C=O) groups excluding carboxylic acids is 2. The van der Waals surface area contributed by atoms with Gasteiger partial charge >= 0.3 is 11.7 Å². The Morgan fingerprint density at radius 2 is 1.84 bits per heavy atom. The largest absolute Gasteiger partial charge is 0.454 e. The van der Waals surface area contributed by atoms with Gasteiger partial charge < -0.3 is 19.8 Å². The van der Waals surface area contributed by atoms with Crippen LogP contribution in [0.4, 0.5) is 10.5 Å². The smallest absolute Gasteiger partial charge is 0.326 e. The number of para-hydroxylation sites is 2. The molecular formula is C22H23N5O5. The Balaban J connectivity index is 1.12. The lowest BCUT2D eigenvalue weighted by Gasteiger charge is -2.31. The van der Waals surface area contributed by atoms with Crippen LogP contribution in [0.25, 0.3) is 11.0 Å². The average molecular weight is 437 g/mol. The molecule has 1 fully saturated rings. The Kier molecular flexibility index (Phi) is 5.28. The van der Waals surface area contributed by atoms with Gasteiger partial charge in [0.25, 0.3) is 0 Å². The molecule has 10 nitrogen and oxygen atoms in total. The molecule has 1 aromatic heterocycles. The Labute approximate surface area is 183 Å². The molecule has 0 aliphatic carbocycles. The van der Waals surface area contributed by atoms with Crippen LogP contribution in [0.3, 0.4) is 0 Å². The predicted molar refractivity (Wildman–Crippen MR) is 117 cm³/mol. The lowest BCUT2D eigenvalue weighted by Crippen LogP contribution is -2.45. The maximum atomic E-state index is 12.4. The Bertz CT molecular complexity index is 1220. The third-order valence-electron chi connectivity index (χ3n) is 5.80.